The Balaban J connectivity index is 3.40. The predicted octanol–water partition coefficient (Wildman–Crippen LogP) is 3.65. The number of hydrogen-bond acceptors (Lipinski definition) is 3. The van der Waals surface area contributed by atoms with E-state index in [1.807, 2.05) is 51.1 Å². The summed E-state index contributed by atoms with van der Waals surface area (Å²) in [6.07, 6.45) is 0. The first-order valence-electron chi connectivity index (χ1n) is 6.43. The van der Waals surface area contributed by atoms with Crippen molar-refractivity contribution in [2.24, 2.45) is 5.41 Å². The molecule has 0 aromatic heterocycles. The predicted molar refractivity (Wildman–Crippen MR) is 76.5 cm³/mol. The molecule has 0 heterocycles. The Morgan fingerprint density at radius 1 is 1.16 bits per heavy atom. The van der Waals surface area contributed by atoms with Crippen molar-refractivity contribution in [1.29, 1.82) is 0 Å². The molecule has 0 bridgehead atoms. The van der Waals surface area contributed by atoms with Crippen LogP contribution in [0.1, 0.15) is 33.3 Å². The standard InChI is InChI=1S/C16H22O3/c1-6-19-15(17)13(16(2,3)4)14(18-5)12-10-8-7-9-11-12/h7-11H,6H2,1-5H3/b14-13-. The lowest BCUT2D eigenvalue weighted by atomic mass is 9.84. The quantitative estimate of drug-likeness (QED) is 0.472. The Morgan fingerprint density at radius 3 is 2.16 bits per heavy atom. The van der Waals surface area contributed by atoms with Crippen LogP contribution in [0.2, 0.25) is 0 Å². The molecular formula is C16H22O3. The highest BCUT2D eigenvalue weighted by atomic mass is 16.5. The van der Waals surface area contributed by atoms with Gasteiger partial charge in [-0.05, 0) is 12.3 Å². The SMILES string of the molecule is CCOC(=O)/C(=C(/OC)c1ccccc1)C(C)(C)C. The molecule has 0 spiro atoms. The van der Waals surface area contributed by atoms with Gasteiger partial charge in [0.25, 0.3) is 0 Å². The summed E-state index contributed by atoms with van der Waals surface area (Å²) in [6, 6.07) is 9.60. The van der Waals surface area contributed by atoms with Crippen molar-refractivity contribution in [3.8, 4) is 0 Å². The highest BCUT2D eigenvalue weighted by molar-refractivity contribution is 5.97. The summed E-state index contributed by atoms with van der Waals surface area (Å²) < 4.78 is 10.6. The first-order valence-corrected chi connectivity index (χ1v) is 6.43. The Bertz CT molecular complexity index is 453. The lowest BCUT2D eigenvalue weighted by molar-refractivity contribution is -0.139. The molecule has 3 nitrogen and oxygen atoms in total. The molecule has 3 heteroatoms. The number of benzene rings is 1. The number of esters is 1. The molecule has 1 rings (SSSR count). The molecule has 0 saturated carbocycles. The smallest absolute Gasteiger partial charge is 0.338 e. The van der Waals surface area contributed by atoms with Gasteiger partial charge in [0.15, 0.2) is 0 Å². The molecule has 0 N–H and O–H groups in total. The fourth-order valence-electron chi connectivity index (χ4n) is 1.90. The van der Waals surface area contributed by atoms with Crippen LogP contribution in [0, 0.1) is 5.41 Å². The van der Waals surface area contributed by atoms with Gasteiger partial charge in [-0.15, -0.1) is 0 Å². The van der Waals surface area contributed by atoms with E-state index in [0.29, 0.717) is 17.9 Å². The van der Waals surface area contributed by atoms with E-state index in [1.54, 1.807) is 14.0 Å². The van der Waals surface area contributed by atoms with Gasteiger partial charge in [-0.2, -0.15) is 0 Å². The molecule has 0 saturated heterocycles. The summed E-state index contributed by atoms with van der Waals surface area (Å²) in [5.41, 5.74) is 1.08. The Morgan fingerprint density at radius 2 is 1.74 bits per heavy atom. The number of rotatable bonds is 4. The molecule has 0 unspecified atom stereocenters. The summed E-state index contributed by atoms with van der Waals surface area (Å²) >= 11 is 0. The molecule has 104 valence electrons. The molecular weight excluding hydrogens is 240 g/mol. The zero-order chi connectivity index (χ0) is 14.5. The van der Waals surface area contributed by atoms with Crippen LogP contribution in [0.15, 0.2) is 35.9 Å². The third-order valence-electron chi connectivity index (χ3n) is 2.70. The van der Waals surface area contributed by atoms with E-state index >= 15 is 0 Å². The molecule has 1 aromatic rings. The van der Waals surface area contributed by atoms with Crippen molar-refractivity contribution in [2.45, 2.75) is 27.7 Å². The van der Waals surface area contributed by atoms with Crippen LogP contribution in [-0.2, 0) is 14.3 Å². The van der Waals surface area contributed by atoms with Crippen molar-refractivity contribution < 1.29 is 14.3 Å². The van der Waals surface area contributed by atoms with Gasteiger partial charge in [-0.25, -0.2) is 4.79 Å². The molecule has 0 amide bonds. The lowest BCUT2D eigenvalue weighted by Crippen LogP contribution is -2.22. The van der Waals surface area contributed by atoms with E-state index in [2.05, 4.69) is 0 Å². The van der Waals surface area contributed by atoms with E-state index < -0.39 is 0 Å². The van der Waals surface area contributed by atoms with E-state index in [0.717, 1.165) is 5.56 Å². The van der Waals surface area contributed by atoms with Gasteiger partial charge < -0.3 is 9.47 Å². The van der Waals surface area contributed by atoms with Crippen LogP contribution in [0.25, 0.3) is 5.76 Å². The van der Waals surface area contributed by atoms with Gasteiger partial charge in [-0.3, -0.25) is 0 Å². The minimum Gasteiger partial charge on any atom is -0.496 e. The molecule has 0 aliphatic rings. The fourth-order valence-corrected chi connectivity index (χ4v) is 1.90. The number of carbonyl (C=O) groups is 1. The third-order valence-corrected chi connectivity index (χ3v) is 2.70. The Hall–Kier alpha value is -1.77. The topological polar surface area (TPSA) is 35.5 Å². The molecule has 1 aromatic carbocycles. The maximum Gasteiger partial charge on any atom is 0.338 e. The average molecular weight is 262 g/mol. The summed E-state index contributed by atoms with van der Waals surface area (Å²) in [7, 11) is 1.58. The summed E-state index contributed by atoms with van der Waals surface area (Å²) in [4.78, 5) is 12.2. The first-order chi connectivity index (χ1) is 8.91. The maximum absolute atomic E-state index is 12.2. The number of hydrogen-bond donors (Lipinski definition) is 0. The lowest BCUT2D eigenvalue weighted by Gasteiger charge is -2.24. The second-order valence-corrected chi connectivity index (χ2v) is 5.24. The van der Waals surface area contributed by atoms with Crippen molar-refractivity contribution in [1.82, 2.24) is 0 Å². The number of ether oxygens (including phenoxy) is 2. The number of carbonyl (C=O) groups excluding carboxylic acids is 1. The highest BCUT2D eigenvalue weighted by Crippen LogP contribution is 2.33. The highest BCUT2D eigenvalue weighted by Gasteiger charge is 2.30. The number of methoxy groups -OCH3 is 1. The third kappa shape index (κ3) is 3.85. The molecule has 0 fully saturated rings. The van der Waals surface area contributed by atoms with Gasteiger partial charge in [0.05, 0.1) is 19.3 Å². The summed E-state index contributed by atoms with van der Waals surface area (Å²) in [5.74, 6) is 0.252. The van der Waals surface area contributed by atoms with E-state index in [9.17, 15) is 4.79 Å². The van der Waals surface area contributed by atoms with Crippen LogP contribution in [0.5, 0.6) is 0 Å². The molecule has 0 radical (unpaired) electrons. The van der Waals surface area contributed by atoms with Gasteiger partial charge in [0.2, 0.25) is 0 Å². The molecule has 0 aliphatic carbocycles. The zero-order valence-electron chi connectivity index (χ0n) is 12.3. The maximum atomic E-state index is 12.2. The van der Waals surface area contributed by atoms with Crippen molar-refractivity contribution in [2.75, 3.05) is 13.7 Å². The molecule has 0 aliphatic heterocycles. The van der Waals surface area contributed by atoms with Crippen LogP contribution in [-0.4, -0.2) is 19.7 Å². The van der Waals surface area contributed by atoms with E-state index in [4.69, 9.17) is 9.47 Å². The normalized spacial score (nSPS) is 12.7. The summed E-state index contributed by atoms with van der Waals surface area (Å²) in [5, 5.41) is 0. The van der Waals surface area contributed by atoms with Crippen LogP contribution >= 0.6 is 0 Å². The zero-order valence-corrected chi connectivity index (χ0v) is 12.3. The minimum atomic E-state index is -0.354. The van der Waals surface area contributed by atoms with Crippen LogP contribution < -0.4 is 0 Å². The van der Waals surface area contributed by atoms with Crippen molar-refractivity contribution in [3.63, 3.8) is 0 Å². The first kappa shape index (κ1) is 15.3. The van der Waals surface area contributed by atoms with Gasteiger partial charge in [0.1, 0.15) is 5.76 Å². The minimum absolute atomic E-state index is 0.323. The monoisotopic (exact) mass is 262 g/mol. The second kappa shape index (κ2) is 6.41. The van der Waals surface area contributed by atoms with Gasteiger partial charge in [-0.1, -0.05) is 51.1 Å². The van der Waals surface area contributed by atoms with Crippen molar-refractivity contribution >= 4 is 11.7 Å². The second-order valence-electron chi connectivity index (χ2n) is 5.24. The fraction of sp³-hybridized carbons (Fsp3) is 0.438. The van der Waals surface area contributed by atoms with E-state index in [-0.39, 0.29) is 11.4 Å². The summed E-state index contributed by atoms with van der Waals surface area (Å²) in [6.45, 7) is 8.07. The van der Waals surface area contributed by atoms with Crippen molar-refractivity contribution in [3.05, 3.63) is 41.5 Å². The van der Waals surface area contributed by atoms with E-state index in [1.165, 1.54) is 0 Å². The average Bonchev–Trinajstić information content (AvgIpc) is 2.35. The van der Waals surface area contributed by atoms with Gasteiger partial charge in [0, 0.05) is 5.56 Å². The van der Waals surface area contributed by atoms with Crippen LogP contribution in [0.4, 0.5) is 0 Å². The molecule has 0 atom stereocenters. The molecule has 19 heavy (non-hydrogen) atoms. The Kier molecular flexibility index (Phi) is 5.16. The van der Waals surface area contributed by atoms with Crippen LogP contribution in [0.3, 0.4) is 0 Å². The Labute approximate surface area is 115 Å². The van der Waals surface area contributed by atoms with Gasteiger partial charge >= 0.3 is 5.97 Å². The largest absolute Gasteiger partial charge is 0.496 e.